The Bertz CT molecular complexity index is 526. The van der Waals surface area contributed by atoms with E-state index >= 15 is 0 Å². The summed E-state index contributed by atoms with van der Waals surface area (Å²) in [6.07, 6.45) is 9.64. The molecule has 19 heavy (non-hydrogen) atoms. The number of methoxy groups -OCH3 is 1. The van der Waals surface area contributed by atoms with Gasteiger partial charge in [0.2, 0.25) is 0 Å². The highest BCUT2D eigenvalue weighted by Crippen LogP contribution is 2.13. The number of hydrogen-bond acceptors (Lipinski definition) is 1. The zero-order chi connectivity index (χ0) is 13.5. The highest BCUT2D eigenvalue weighted by atomic mass is 16.5. The van der Waals surface area contributed by atoms with Crippen molar-refractivity contribution in [2.45, 2.75) is 19.9 Å². The molecule has 0 aliphatic heterocycles. The molecule has 0 saturated carbocycles. The van der Waals surface area contributed by atoms with Crippen LogP contribution in [-0.4, -0.2) is 7.11 Å². The molecule has 0 bridgehead atoms. The van der Waals surface area contributed by atoms with Crippen molar-refractivity contribution >= 4 is 12.2 Å². The molecule has 2 heteroatoms. The third kappa shape index (κ3) is 3.95. The highest BCUT2D eigenvalue weighted by Gasteiger charge is 1.97. The minimum atomic E-state index is 0.887. The summed E-state index contributed by atoms with van der Waals surface area (Å²) in [6.45, 7) is 3.26. The number of pyridine rings is 1. The highest BCUT2D eigenvalue weighted by molar-refractivity contribution is 5.69. The molecule has 0 atom stereocenters. The van der Waals surface area contributed by atoms with Crippen LogP contribution in [0.15, 0.2) is 48.8 Å². The summed E-state index contributed by atoms with van der Waals surface area (Å²) in [6, 6.07) is 12.3. The lowest BCUT2D eigenvalue weighted by atomic mass is 10.1. The molecule has 0 N–H and O–H groups in total. The maximum absolute atomic E-state index is 5.14. The summed E-state index contributed by atoms with van der Waals surface area (Å²) in [5.74, 6) is 0.887. The molecule has 0 aliphatic rings. The third-order valence-corrected chi connectivity index (χ3v) is 2.98. The Hall–Kier alpha value is -2.09. The minimum Gasteiger partial charge on any atom is -0.497 e. The van der Waals surface area contributed by atoms with E-state index in [4.69, 9.17) is 4.74 Å². The Balaban J connectivity index is 2.04. The Morgan fingerprint density at radius 1 is 0.947 bits per heavy atom. The first-order valence-electron chi connectivity index (χ1n) is 6.63. The average molecular weight is 254 g/mol. The van der Waals surface area contributed by atoms with E-state index in [9.17, 15) is 0 Å². The van der Waals surface area contributed by atoms with E-state index in [1.165, 1.54) is 11.1 Å². The smallest absolute Gasteiger partial charge is 0.169 e. The SMILES string of the molecule is CCC[n+]1ccc(/C=C/c2ccc(OC)cc2)cc1. The first-order valence-corrected chi connectivity index (χ1v) is 6.63. The van der Waals surface area contributed by atoms with Crippen LogP contribution in [0.4, 0.5) is 0 Å². The molecule has 0 saturated heterocycles. The van der Waals surface area contributed by atoms with Gasteiger partial charge in [0.25, 0.3) is 0 Å². The van der Waals surface area contributed by atoms with Crippen LogP contribution in [0.2, 0.25) is 0 Å². The van der Waals surface area contributed by atoms with Gasteiger partial charge >= 0.3 is 0 Å². The summed E-state index contributed by atoms with van der Waals surface area (Å²) in [5, 5.41) is 0. The number of aromatic nitrogens is 1. The van der Waals surface area contributed by atoms with Gasteiger partial charge in [-0.25, -0.2) is 4.57 Å². The van der Waals surface area contributed by atoms with Gasteiger partial charge in [0.15, 0.2) is 12.4 Å². The van der Waals surface area contributed by atoms with Crippen LogP contribution < -0.4 is 9.30 Å². The molecule has 0 amide bonds. The molecule has 2 nitrogen and oxygen atoms in total. The Kier molecular flexibility index (Phi) is 4.73. The molecule has 1 heterocycles. The van der Waals surface area contributed by atoms with E-state index in [0.717, 1.165) is 18.7 Å². The Labute approximate surface area is 115 Å². The van der Waals surface area contributed by atoms with E-state index in [1.54, 1.807) is 7.11 Å². The van der Waals surface area contributed by atoms with E-state index in [-0.39, 0.29) is 0 Å². The van der Waals surface area contributed by atoms with E-state index in [1.807, 2.05) is 12.1 Å². The number of hydrogen-bond donors (Lipinski definition) is 0. The monoisotopic (exact) mass is 254 g/mol. The van der Waals surface area contributed by atoms with Crippen molar-refractivity contribution in [2.24, 2.45) is 0 Å². The Morgan fingerprint density at radius 3 is 2.05 bits per heavy atom. The maximum Gasteiger partial charge on any atom is 0.169 e. The molecule has 0 spiro atoms. The summed E-state index contributed by atoms with van der Waals surface area (Å²) in [7, 11) is 1.68. The number of rotatable bonds is 5. The van der Waals surface area contributed by atoms with Gasteiger partial charge in [0, 0.05) is 18.6 Å². The quantitative estimate of drug-likeness (QED) is 0.744. The van der Waals surface area contributed by atoms with Crippen molar-refractivity contribution in [1.82, 2.24) is 0 Å². The molecule has 0 aliphatic carbocycles. The van der Waals surface area contributed by atoms with Gasteiger partial charge in [0.1, 0.15) is 12.3 Å². The van der Waals surface area contributed by atoms with E-state index in [0.29, 0.717) is 0 Å². The van der Waals surface area contributed by atoms with E-state index in [2.05, 4.69) is 60.3 Å². The first kappa shape index (κ1) is 13.3. The van der Waals surface area contributed by atoms with Crippen molar-refractivity contribution in [3.8, 4) is 5.75 Å². The number of nitrogens with zero attached hydrogens (tertiary/aromatic N) is 1. The van der Waals surface area contributed by atoms with Crippen LogP contribution >= 0.6 is 0 Å². The zero-order valence-corrected chi connectivity index (χ0v) is 11.5. The molecule has 1 aromatic heterocycles. The third-order valence-electron chi connectivity index (χ3n) is 2.98. The standard InChI is InChI=1S/C17H20NO/c1-3-12-18-13-10-16(11-14-18)5-4-15-6-8-17(19-2)9-7-15/h4-11,13-14H,3,12H2,1-2H3/q+1/b5-4+. The summed E-state index contributed by atoms with van der Waals surface area (Å²) in [4.78, 5) is 0. The second-order valence-electron chi connectivity index (χ2n) is 4.48. The van der Waals surface area contributed by atoms with Gasteiger partial charge in [-0.2, -0.15) is 0 Å². The molecule has 98 valence electrons. The van der Waals surface area contributed by atoms with Gasteiger partial charge in [0.05, 0.1) is 7.11 Å². The normalized spacial score (nSPS) is 10.8. The summed E-state index contributed by atoms with van der Waals surface area (Å²) >= 11 is 0. The van der Waals surface area contributed by atoms with Crippen LogP contribution in [0.3, 0.4) is 0 Å². The molecule has 2 aromatic rings. The van der Waals surface area contributed by atoms with Crippen LogP contribution in [-0.2, 0) is 6.54 Å². The van der Waals surface area contributed by atoms with Crippen molar-refractivity contribution < 1.29 is 9.30 Å². The molecular formula is C17H20NO+. The number of aryl methyl sites for hydroxylation is 1. The van der Waals surface area contributed by atoms with Crippen LogP contribution in [0.1, 0.15) is 24.5 Å². The van der Waals surface area contributed by atoms with Crippen molar-refractivity contribution in [2.75, 3.05) is 7.11 Å². The summed E-state index contributed by atoms with van der Waals surface area (Å²) < 4.78 is 7.34. The van der Waals surface area contributed by atoms with Crippen molar-refractivity contribution in [3.63, 3.8) is 0 Å². The predicted octanol–water partition coefficient (Wildman–Crippen LogP) is 3.56. The molecule has 1 aromatic carbocycles. The molecule has 0 radical (unpaired) electrons. The second-order valence-corrected chi connectivity index (χ2v) is 4.48. The fourth-order valence-corrected chi connectivity index (χ4v) is 1.89. The van der Waals surface area contributed by atoms with Crippen molar-refractivity contribution in [3.05, 3.63) is 59.9 Å². The lowest BCUT2D eigenvalue weighted by Gasteiger charge is -1.99. The fraction of sp³-hybridized carbons (Fsp3) is 0.235. The maximum atomic E-state index is 5.14. The molecule has 2 rings (SSSR count). The Morgan fingerprint density at radius 2 is 1.53 bits per heavy atom. The molecular weight excluding hydrogens is 234 g/mol. The summed E-state index contributed by atoms with van der Waals surface area (Å²) in [5.41, 5.74) is 2.38. The lowest BCUT2D eigenvalue weighted by molar-refractivity contribution is -0.697. The average Bonchev–Trinajstić information content (AvgIpc) is 2.47. The van der Waals surface area contributed by atoms with Gasteiger partial charge in [-0.05, 0) is 23.3 Å². The fourth-order valence-electron chi connectivity index (χ4n) is 1.89. The topological polar surface area (TPSA) is 13.1 Å². The van der Waals surface area contributed by atoms with Gasteiger partial charge < -0.3 is 4.74 Å². The zero-order valence-electron chi connectivity index (χ0n) is 11.5. The second kappa shape index (κ2) is 6.74. The van der Waals surface area contributed by atoms with Crippen LogP contribution in [0.5, 0.6) is 5.75 Å². The van der Waals surface area contributed by atoms with Gasteiger partial charge in [-0.1, -0.05) is 31.2 Å². The van der Waals surface area contributed by atoms with Gasteiger partial charge in [-0.3, -0.25) is 0 Å². The molecule has 0 unspecified atom stereocenters. The first-order chi connectivity index (χ1) is 9.31. The van der Waals surface area contributed by atoms with Crippen LogP contribution in [0.25, 0.3) is 12.2 Å². The largest absolute Gasteiger partial charge is 0.497 e. The number of ether oxygens (including phenoxy) is 1. The van der Waals surface area contributed by atoms with Crippen LogP contribution in [0, 0.1) is 0 Å². The minimum absolute atomic E-state index is 0.887. The lowest BCUT2D eigenvalue weighted by Crippen LogP contribution is -2.31. The van der Waals surface area contributed by atoms with Gasteiger partial charge in [-0.15, -0.1) is 0 Å². The van der Waals surface area contributed by atoms with Crippen molar-refractivity contribution in [1.29, 1.82) is 0 Å². The predicted molar refractivity (Wildman–Crippen MR) is 78.9 cm³/mol. The van der Waals surface area contributed by atoms with E-state index < -0.39 is 0 Å². The number of benzene rings is 1. The molecule has 0 fully saturated rings.